The molecule has 3 heteroatoms. The SMILES string of the molecule is CC1(O)CNCC1Cc1ccc(O)cc1. The predicted molar refractivity (Wildman–Crippen MR) is 58.8 cm³/mol. The van der Waals surface area contributed by atoms with E-state index >= 15 is 0 Å². The standard InChI is InChI=1S/C12H17NO2/c1-12(15)8-13-7-10(12)6-9-2-4-11(14)5-3-9/h2-5,10,13-15H,6-8H2,1H3. The quantitative estimate of drug-likeness (QED) is 0.675. The van der Waals surface area contributed by atoms with Crippen LogP contribution in [-0.2, 0) is 6.42 Å². The first-order valence-electron chi connectivity index (χ1n) is 5.29. The fraction of sp³-hybridized carbons (Fsp3) is 0.500. The second kappa shape index (κ2) is 3.83. The van der Waals surface area contributed by atoms with Crippen LogP contribution in [0.5, 0.6) is 5.75 Å². The summed E-state index contributed by atoms with van der Waals surface area (Å²) < 4.78 is 0. The molecule has 0 saturated carbocycles. The smallest absolute Gasteiger partial charge is 0.115 e. The van der Waals surface area contributed by atoms with Crippen LogP contribution in [-0.4, -0.2) is 28.9 Å². The zero-order valence-electron chi connectivity index (χ0n) is 8.90. The van der Waals surface area contributed by atoms with Gasteiger partial charge in [0, 0.05) is 19.0 Å². The van der Waals surface area contributed by atoms with Crippen molar-refractivity contribution in [2.75, 3.05) is 13.1 Å². The highest BCUT2D eigenvalue weighted by Gasteiger charge is 2.36. The molecule has 3 N–H and O–H groups in total. The van der Waals surface area contributed by atoms with E-state index in [4.69, 9.17) is 5.11 Å². The van der Waals surface area contributed by atoms with Crippen molar-refractivity contribution in [2.45, 2.75) is 18.9 Å². The van der Waals surface area contributed by atoms with Gasteiger partial charge in [0.15, 0.2) is 0 Å². The molecule has 0 bridgehead atoms. The third-order valence-electron chi connectivity index (χ3n) is 3.17. The fourth-order valence-corrected chi connectivity index (χ4v) is 2.07. The molecule has 3 nitrogen and oxygen atoms in total. The van der Waals surface area contributed by atoms with E-state index in [2.05, 4.69) is 5.32 Å². The van der Waals surface area contributed by atoms with Gasteiger partial charge in [0.2, 0.25) is 0 Å². The summed E-state index contributed by atoms with van der Waals surface area (Å²) in [5.41, 5.74) is 0.541. The molecule has 1 aliphatic rings. The van der Waals surface area contributed by atoms with Gasteiger partial charge >= 0.3 is 0 Å². The Kier molecular flexibility index (Phi) is 2.67. The molecule has 1 aromatic rings. The number of phenols is 1. The van der Waals surface area contributed by atoms with Crippen molar-refractivity contribution in [3.63, 3.8) is 0 Å². The highest BCUT2D eigenvalue weighted by Crippen LogP contribution is 2.25. The number of nitrogens with one attached hydrogen (secondary N) is 1. The molecule has 1 saturated heterocycles. The molecule has 82 valence electrons. The molecule has 1 aromatic carbocycles. The largest absolute Gasteiger partial charge is 0.508 e. The van der Waals surface area contributed by atoms with E-state index in [0.717, 1.165) is 18.5 Å². The maximum Gasteiger partial charge on any atom is 0.115 e. The summed E-state index contributed by atoms with van der Waals surface area (Å²) in [6.45, 7) is 3.39. The van der Waals surface area contributed by atoms with Crippen molar-refractivity contribution < 1.29 is 10.2 Å². The van der Waals surface area contributed by atoms with E-state index in [0.29, 0.717) is 6.54 Å². The highest BCUT2D eigenvalue weighted by molar-refractivity contribution is 5.26. The normalized spacial score (nSPS) is 30.7. The minimum atomic E-state index is -0.613. The Balaban J connectivity index is 2.06. The molecule has 1 heterocycles. The van der Waals surface area contributed by atoms with E-state index in [9.17, 15) is 5.11 Å². The number of rotatable bonds is 2. The van der Waals surface area contributed by atoms with Crippen molar-refractivity contribution in [1.29, 1.82) is 0 Å². The van der Waals surface area contributed by atoms with Gasteiger partial charge in [-0.25, -0.2) is 0 Å². The summed E-state index contributed by atoms with van der Waals surface area (Å²) in [5.74, 6) is 0.539. The summed E-state index contributed by atoms with van der Waals surface area (Å²) in [5, 5.41) is 22.4. The van der Waals surface area contributed by atoms with E-state index in [-0.39, 0.29) is 11.7 Å². The van der Waals surface area contributed by atoms with Crippen molar-refractivity contribution in [2.24, 2.45) is 5.92 Å². The van der Waals surface area contributed by atoms with Gasteiger partial charge < -0.3 is 15.5 Å². The molecule has 0 aromatic heterocycles. The molecule has 1 aliphatic heterocycles. The predicted octanol–water partition coefficient (Wildman–Crippen LogP) is 0.905. The summed E-state index contributed by atoms with van der Waals surface area (Å²) in [6, 6.07) is 7.19. The maximum absolute atomic E-state index is 10.1. The molecule has 0 aliphatic carbocycles. The molecule has 2 atom stereocenters. The van der Waals surface area contributed by atoms with Crippen molar-refractivity contribution in [3.05, 3.63) is 29.8 Å². The van der Waals surface area contributed by atoms with E-state index in [1.54, 1.807) is 12.1 Å². The van der Waals surface area contributed by atoms with Crippen LogP contribution in [0.25, 0.3) is 0 Å². The molecular weight excluding hydrogens is 190 g/mol. The zero-order chi connectivity index (χ0) is 10.9. The Labute approximate surface area is 89.8 Å². The monoisotopic (exact) mass is 207 g/mol. The van der Waals surface area contributed by atoms with E-state index in [1.807, 2.05) is 19.1 Å². The van der Waals surface area contributed by atoms with Gasteiger partial charge in [-0.3, -0.25) is 0 Å². The van der Waals surface area contributed by atoms with Crippen LogP contribution >= 0.6 is 0 Å². The third-order valence-corrected chi connectivity index (χ3v) is 3.17. The Bertz CT molecular complexity index is 332. The Hall–Kier alpha value is -1.06. The van der Waals surface area contributed by atoms with Gasteiger partial charge in [0.1, 0.15) is 5.75 Å². The van der Waals surface area contributed by atoms with Crippen LogP contribution in [0.3, 0.4) is 0 Å². The lowest BCUT2D eigenvalue weighted by molar-refractivity contribution is 0.0363. The molecule has 1 fully saturated rings. The first-order valence-corrected chi connectivity index (χ1v) is 5.29. The van der Waals surface area contributed by atoms with Crippen LogP contribution in [0.4, 0.5) is 0 Å². The van der Waals surface area contributed by atoms with E-state index < -0.39 is 5.60 Å². The number of phenolic OH excluding ortho intramolecular Hbond substituents is 1. The van der Waals surface area contributed by atoms with Crippen molar-refractivity contribution in [3.8, 4) is 5.75 Å². The Morgan fingerprint density at radius 3 is 2.60 bits per heavy atom. The van der Waals surface area contributed by atoms with Gasteiger partial charge in [-0.1, -0.05) is 12.1 Å². The molecule has 2 rings (SSSR count). The second-order valence-corrected chi connectivity index (χ2v) is 4.56. The second-order valence-electron chi connectivity index (χ2n) is 4.56. The minimum absolute atomic E-state index is 0.252. The molecule has 2 unspecified atom stereocenters. The minimum Gasteiger partial charge on any atom is -0.508 e. The van der Waals surface area contributed by atoms with Gasteiger partial charge in [-0.15, -0.1) is 0 Å². The zero-order valence-corrected chi connectivity index (χ0v) is 8.90. The van der Waals surface area contributed by atoms with E-state index in [1.165, 1.54) is 0 Å². The number of benzene rings is 1. The summed E-state index contributed by atoms with van der Waals surface area (Å²) in [7, 11) is 0. The van der Waals surface area contributed by atoms with Crippen molar-refractivity contribution >= 4 is 0 Å². The lowest BCUT2D eigenvalue weighted by atomic mass is 9.87. The molecular formula is C12H17NO2. The Morgan fingerprint density at radius 2 is 2.07 bits per heavy atom. The van der Waals surface area contributed by atoms with Crippen LogP contribution < -0.4 is 5.32 Å². The van der Waals surface area contributed by atoms with Gasteiger partial charge in [-0.05, 0) is 31.0 Å². The lowest BCUT2D eigenvalue weighted by Gasteiger charge is -2.24. The van der Waals surface area contributed by atoms with Gasteiger partial charge in [0.25, 0.3) is 0 Å². The number of hydrogen-bond acceptors (Lipinski definition) is 3. The summed E-state index contributed by atoms with van der Waals surface area (Å²) in [4.78, 5) is 0. The number of β-amino-alcohol motifs (C(OH)–C–C–N with tert-alkyl or cyclic N) is 1. The maximum atomic E-state index is 10.1. The van der Waals surface area contributed by atoms with Crippen LogP contribution in [0.15, 0.2) is 24.3 Å². The van der Waals surface area contributed by atoms with Crippen molar-refractivity contribution in [1.82, 2.24) is 5.32 Å². The average Bonchev–Trinajstić information content (AvgIpc) is 2.50. The fourth-order valence-electron chi connectivity index (χ4n) is 2.07. The molecule has 0 radical (unpaired) electrons. The number of aliphatic hydroxyl groups is 1. The topological polar surface area (TPSA) is 52.5 Å². The first-order chi connectivity index (χ1) is 7.08. The summed E-state index contributed by atoms with van der Waals surface area (Å²) >= 11 is 0. The molecule has 0 spiro atoms. The summed E-state index contributed by atoms with van der Waals surface area (Å²) in [6.07, 6.45) is 0.847. The lowest BCUT2D eigenvalue weighted by Crippen LogP contribution is -2.34. The molecule has 15 heavy (non-hydrogen) atoms. The third kappa shape index (κ3) is 2.30. The van der Waals surface area contributed by atoms with Gasteiger partial charge in [-0.2, -0.15) is 0 Å². The van der Waals surface area contributed by atoms with Crippen LogP contribution in [0, 0.1) is 5.92 Å². The Morgan fingerprint density at radius 1 is 1.40 bits per heavy atom. The highest BCUT2D eigenvalue weighted by atomic mass is 16.3. The number of aromatic hydroxyl groups is 1. The molecule has 0 amide bonds. The van der Waals surface area contributed by atoms with Crippen LogP contribution in [0.1, 0.15) is 12.5 Å². The average molecular weight is 207 g/mol. The number of hydrogen-bond donors (Lipinski definition) is 3. The first kappa shape index (κ1) is 10.5. The van der Waals surface area contributed by atoms with Gasteiger partial charge in [0.05, 0.1) is 5.60 Å². The van der Waals surface area contributed by atoms with Crippen LogP contribution in [0.2, 0.25) is 0 Å².